The van der Waals surface area contributed by atoms with Crippen molar-refractivity contribution in [2.45, 2.75) is 32.3 Å². The quantitative estimate of drug-likeness (QED) is 0.379. The Morgan fingerprint density at radius 2 is 2.00 bits per heavy atom. The number of likely N-dealkylation sites (tertiary alicyclic amines) is 1. The van der Waals surface area contributed by atoms with Gasteiger partial charge in [-0.3, -0.25) is 14.1 Å². The summed E-state index contributed by atoms with van der Waals surface area (Å²) in [7, 11) is 1.41. The van der Waals surface area contributed by atoms with Crippen LogP contribution >= 0.6 is 0 Å². The lowest BCUT2D eigenvalue weighted by molar-refractivity contribution is -0.0502. The van der Waals surface area contributed by atoms with E-state index in [4.69, 9.17) is 14.2 Å². The van der Waals surface area contributed by atoms with Crippen LogP contribution in [-0.4, -0.2) is 60.0 Å². The molecule has 1 saturated heterocycles. The number of alkyl halides is 2. The monoisotopic (exact) mass is 471 g/mol. The Balaban J connectivity index is 1.44. The number of carbonyl (C=O) groups excluding carboxylic acids is 1. The number of carbonyl (C=O) groups is 1. The van der Waals surface area contributed by atoms with Crippen molar-refractivity contribution >= 4 is 11.4 Å². The Morgan fingerprint density at radius 3 is 2.68 bits per heavy atom. The first-order valence-electron chi connectivity index (χ1n) is 11.5. The Bertz CT molecular complexity index is 1190. The molecule has 0 atom stereocenters. The molecule has 3 heterocycles. The fourth-order valence-corrected chi connectivity index (χ4v) is 4.21. The number of rotatable bonds is 11. The Morgan fingerprint density at radius 1 is 1.21 bits per heavy atom. The number of hydrogen-bond donors (Lipinski definition) is 0. The lowest BCUT2D eigenvalue weighted by Gasteiger charge is -2.30. The van der Waals surface area contributed by atoms with Crippen molar-refractivity contribution in [2.75, 3.05) is 33.4 Å². The maximum Gasteiger partial charge on any atom is 0.387 e. The molecule has 0 bridgehead atoms. The number of fused-ring (bicyclic) bond motifs is 1. The van der Waals surface area contributed by atoms with E-state index in [0.29, 0.717) is 41.6 Å². The van der Waals surface area contributed by atoms with Crippen LogP contribution in [0.3, 0.4) is 0 Å². The molecule has 0 spiro atoms. The van der Waals surface area contributed by atoms with Gasteiger partial charge in [-0.15, -0.1) is 0 Å². The number of pyridine rings is 1. The number of Topliss-reactive ketones (excluding diaryl/α,β-unsaturated/α-hetero) is 1. The number of halogens is 2. The Kier molecular flexibility index (Phi) is 6.36. The normalized spacial score (nSPS) is 16.0. The van der Waals surface area contributed by atoms with Gasteiger partial charge in [0.1, 0.15) is 35.1 Å². The van der Waals surface area contributed by atoms with E-state index in [9.17, 15) is 13.6 Å². The second kappa shape index (κ2) is 9.58. The van der Waals surface area contributed by atoms with E-state index in [2.05, 4.69) is 9.88 Å². The number of imidazole rings is 1. The number of aromatic nitrogens is 2. The van der Waals surface area contributed by atoms with Crippen molar-refractivity contribution in [2.24, 2.45) is 5.92 Å². The predicted octanol–water partition coefficient (Wildman–Crippen LogP) is 4.68. The van der Waals surface area contributed by atoms with Crippen molar-refractivity contribution in [1.82, 2.24) is 14.3 Å². The molecule has 1 aliphatic carbocycles. The summed E-state index contributed by atoms with van der Waals surface area (Å²) in [5.41, 5.74) is 1.92. The number of nitrogens with zero attached hydrogens (tertiary/aromatic N) is 3. The lowest BCUT2D eigenvalue weighted by atomic mass is 10.00. The number of ether oxygens (including phenoxy) is 3. The van der Waals surface area contributed by atoms with Crippen LogP contribution in [0.2, 0.25) is 0 Å². The van der Waals surface area contributed by atoms with E-state index in [1.54, 1.807) is 12.3 Å². The maximum absolute atomic E-state index is 13.2. The third-order valence-corrected chi connectivity index (χ3v) is 6.36. The first kappa shape index (κ1) is 22.6. The zero-order chi connectivity index (χ0) is 23.7. The fraction of sp³-hybridized carbons (Fsp3) is 0.440. The van der Waals surface area contributed by atoms with Gasteiger partial charge < -0.3 is 14.2 Å². The third kappa shape index (κ3) is 4.84. The van der Waals surface area contributed by atoms with Crippen LogP contribution in [0, 0.1) is 5.92 Å². The van der Waals surface area contributed by atoms with Gasteiger partial charge in [-0.05, 0) is 56.5 Å². The molecule has 180 valence electrons. The maximum atomic E-state index is 13.2. The minimum absolute atomic E-state index is 0.0603. The number of benzene rings is 1. The van der Waals surface area contributed by atoms with Gasteiger partial charge in [0, 0.05) is 30.8 Å². The average Bonchev–Trinajstić information content (AvgIpc) is 3.49. The molecule has 1 aliphatic heterocycles. The Hall–Kier alpha value is -3.20. The van der Waals surface area contributed by atoms with Gasteiger partial charge in [0.05, 0.1) is 19.0 Å². The molecule has 7 nitrogen and oxygen atoms in total. The SMILES string of the molecule is COc1cc(-c2cnc3cc(OCCN4CCC4)ccn23)cc(OC(F)F)c1C(=O)CC1CC1. The van der Waals surface area contributed by atoms with E-state index in [0.717, 1.165) is 32.5 Å². The van der Waals surface area contributed by atoms with Gasteiger partial charge in [-0.25, -0.2) is 4.98 Å². The van der Waals surface area contributed by atoms with Gasteiger partial charge in [0.15, 0.2) is 5.78 Å². The summed E-state index contributed by atoms with van der Waals surface area (Å²) in [6.07, 6.45) is 6.96. The first-order chi connectivity index (χ1) is 16.5. The molecule has 2 fully saturated rings. The van der Waals surface area contributed by atoms with Crippen molar-refractivity contribution in [3.05, 3.63) is 42.2 Å². The lowest BCUT2D eigenvalue weighted by Crippen LogP contribution is -2.39. The van der Waals surface area contributed by atoms with E-state index < -0.39 is 6.61 Å². The highest BCUT2D eigenvalue weighted by molar-refractivity contribution is 6.02. The molecule has 0 N–H and O–H groups in total. The second-order valence-corrected chi connectivity index (χ2v) is 8.78. The van der Waals surface area contributed by atoms with E-state index in [-0.39, 0.29) is 22.8 Å². The molecule has 1 aromatic carbocycles. The van der Waals surface area contributed by atoms with Crippen LogP contribution in [0.5, 0.6) is 17.2 Å². The van der Waals surface area contributed by atoms with Crippen LogP contribution in [0.15, 0.2) is 36.7 Å². The molecule has 9 heteroatoms. The van der Waals surface area contributed by atoms with Crippen LogP contribution in [0.1, 0.15) is 36.0 Å². The third-order valence-electron chi connectivity index (χ3n) is 6.36. The molecule has 2 aliphatic rings. The zero-order valence-electron chi connectivity index (χ0n) is 19.0. The van der Waals surface area contributed by atoms with Gasteiger partial charge in [0.25, 0.3) is 0 Å². The average molecular weight is 472 g/mol. The molecule has 5 rings (SSSR count). The van der Waals surface area contributed by atoms with Crippen molar-refractivity contribution in [3.63, 3.8) is 0 Å². The second-order valence-electron chi connectivity index (χ2n) is 8.78. The molecule has 2 aromatic heterocycles. The smallest absolute Gasteiger partial charge is 0.387 e. The largest absolute Gasteiger partial charge is 0.496 e. The zero-order valence-corrected chi connectivity index (χ0v) is 19.0. The van der Waals surface area contributed by atoms with Gasteiger partial charge in [0.2, 0.25) is 0 Å². The van der Waals surface area contributed by atoms with Crippen molar-refractivity contribution in [1.29, 1.82) is 0 Å². The fourth-order valence-electron chi connectivity index (χ4n) is 4.21. The van der Waals surface area contributed by atoms with Crippen LogP contribution in [0.25, 0.3) is 16.9 Å². The summed E-state index contributed by atoms with van der Waals surface area (Å²) in [5.74, 6) is 0.790. The van der Waals surface area contributed by atoms with E-state index >= 15 is 0 Å². The minimum atomic E-state index is -3.06. The summed E-state index contributed by atoms with van der Waals surface area (Å²) in [6, 6.07) is 6.80. The summed E-state index contributed by atoms with van der Waals surface area (Å²) >= 11 is 0. The van der Waals surface area contributed by atoms with Gasteiger partial charge >= 0.3 is 6.61 Å². The first-order valence-corrected chi connectivity index (χ1v) is 11.5. The standard InChI is InChI=1S/C25H27F2N3O4/c1-32-21-12-17(13-22(34-25(26)27)24(21)20(31)11-16-3-4-16)19-15-28-23-14-18(5-8-30(19)23)33-10-9-29-6-2-7-29/h5,8,12-16,25H,2-4,6-7,9-11H2,1H3. The van der Waals surface area contributed by atoms with Gasteiger partial charge in [-0.2, -0.15) is 8.78 Å². The molecular formula is C25H27F2N3O4. The van der Waals surface area contributed by atoms with Gasteiger partial charge in [-0.1, -0.05) is 0 Å². The molecule has 0 amide bonds. The van der Waals surface area contributed by atoms with Crippen LogP contribution in [-0.2, 0) is 0 Å². The molecule has 3 aromatic rings. The molecule has 34 heavy (non-hydrogen) atoms. The molecule has 1 saturated carbocycles. The van der Waals surface area contributed by atoms with Crippen LogP contribution < -0.4 is 14.2 Å². The molecule has 0 unspecified atom stereocenters. The molecular weight excluding hydrogens is 444 g/mol. The predicted molar refractivity (Wildman–Crippen MR) is 122 cm³/mol. The molecule has 0 radical (unpaired) electrons. The summed E-state index contributed by atoms with van der Waals surface area (Å²) in [6.45, 7) is 0.676. The highest BCUT2D eigenvalue weighted by atomic mass is 19.3. The highest BCUT2D eigenvalue weighted by Crippen LogP contribution is 2.40. The Labute approximate surface area is 196 Å². The van der Waals surface area contributed by atoms with Crippen molar-refractivity contribution in [3.8, 4) is 28.5 Å². The van der Waals surface area contributed by atoms with Crippen LogP contribution in [0.4, 0.5) is 8.78 Å². The topological polar surface area (TPSA) is 65.3 Å². The highest BCUT2D eigenvalue weighted by Gasteiger charge is 2.29. The van der Waals surface area contributed by atoms with E-state index in [1.165, 1.54) is 19.6 Å². The summed E-state index contributed by atoms with van der Waals surface area (Å²) in [4.78, 5) is 19.6. The minimum Gasteiger partial charge on any atom is -0.496 e. The number of hydrogen-bond acceptors (Lipinski definition) is 6. The number of ketones is 1. The summed E-state index contributed by atoms with van der Waals surface area (Å²) in [5, 5.41) is 0. The number of methoxy groups -OCH3 is 1. The van der Waals surface area contributed by atoms with Crippen molar-refractivity contribution < 1.29 is 27.8 Å². The van der Waals surface area contributed by atoms with E-state index in [1.807, 2.05) is 22.7 Å². The summed E-state index contributed by atoms with van der Waals surface area (Å²) < 4.78 is 44.3.